The highest BCUT2D eigenvalue weighted by atomic mass is 16.5. The number of amides is 1. The van der Waals surface area contributed by atoms with Gasteiger partial charge < -0.3 is 14.8 Å². The average Bonchev–Trinajstić information content (AvgIpc) is 2.45. The van der Waals surface area contributed by atoms with Gasteiger partial charge in [0, 0.05) is 31.7 Å². The second-order valence-electron chi connectivity index (χ2n) is 5.54. The molecule has 0 spiro atoms. The Morgan fingerprint density at radius 3 is 2.48 bits per heavy atom. The van der Waals surface area contributed by atoms with Crippen LogP contribution in [0.5, 0.6) is 5.75 Å². The summed E-state index contributed by atoms with van der Waals surface area (Å²) in [7, 11) is 1.62. The number of anilines is 1. The number of carbonyl (C=O) groups excluding carboxylic acids is 1. The maximum Gasteiger partial charge on any atom is 0.225 e. The molecule has 1 N–H and O–H groups in total. The quantitative estimate of drug-likeness (QED) is 0.903. The van der Waals surface area contributed by atoms with E-state index < -0.39 is 0 Å². The van der Waals surface area contributed by atoms with Crippen molar-refractivity contribution in [2.24, 2.45) is 0 Å². The van der Waals surface area contributed by atoms with E-state index in [9.17, 15) is 4.79 Å². The van der Waals surface area contributed by atoms with Crippen LogP contribution in [0, 0.1) is 0 Å². The molecular weight excluding hydrogens is 268 g/mol. The number of morpholine rings is 1. The maximum atomic E-state index is 12.0. The molecule has 1 aliphatic rings. The lowest BCUT2D eigenvalue weighted by Gasteiger charge is -2.35. The second kappa shape index (κ2) is 7.43. The molecule has 1 saturated heterocycles. The van der Waals surface area contributed by atoms with Gasteiger partial charge >= 0.3 is 0 Å². The number of benzene rings is 1. The number of rotatable bonds is 5. The van der Waals surface area contributed by atoms with Crippen LogP contribution in [0.4, 0.5) is 5.69 Å². The van der Waals surface area contributed by atoms with Crippen LogP contribution in [0.25, 0.3) is 0 Å². The standard InChI is InChI=1S/C16H24N2O3/c1-12-10-18(11-13(2)21-12)9-8-16(19)17-14-4-6-15(20-3)7-5-14/h4-7,12-13H,8-11H2,1-3H3,(H,17,19)/t12-,13-/m1/s1. The lowest BCUT2D eigenvalue weighted by Crippen LogP contribution is -2.46. The molecule has 5 heteroatoms. The fourth-order valence-corrected chi connectivity index (χ4v) is 2.62. The third-order valence-electron chi connectivity index (χ3n) is 3.52. The molecule has 1 heterocycles. The first kappa shape index (κ1) is 15.8. The predicted molar refractivity (Wildman–Crippen MR) is 82.7 cm³/mol. The highest BCUT2D eigenvalue weighted by Crippen LogP contribution is 2.15. The Morgan fingerprint density at radius 1 is 1.29 bits per heavy atom. The first-order valence-electron chi connectivity index (χ1n) is 7.38. The van der Waals surface area contributed by atoms with Crippen molar-refractivity contribution in [2.75, 3.05) is 32.1 Å². The van der Waals surface area contributed by atoms with Crippen LogP contribution in [0.1, 0.15) is 20.3 Å². The van der Waals surface area contributed by atoms with Crippen molar-refractivity contribution < 1.29 is 14.3 Å². The van der Waals surface area contributed by atoms with Crippen LogP contribution in [0.3, 0.4) is 0 Å². The lowest BCUT2D eigenvalue weighted by molar-refractivity contribution is -0.117. The first-order chi connectivity index (χ1) is 10.1. The van der Waals surface area contributed by atoms with E-state index in [-0.39, 0.29) is 18.1 Å². The molecule has 0 radical (unpaired) electrons. The summed E-state index contributed by atoms with van der Waals surface area (Å²) >= 11 is 0. The Balaban J connectivity index is 1.76. The van der Waals surface area contributed by atoms with Crippen molar-refractivity contribution in [1.82, 2.24) is 4.90 Å². The third kappa shape index (κ3) is 5.02. The molecular formula is C16H24N2O3. The van der Waals surface area contributed by atoms with Crippen LogP contribution in [0.2, 0.25) is 0 Å². The SMILES string of the molecule is COc1ccc(NC(=O)CCN2C[C@@H](C)O[C@H](C)C2)cc1. The van der Waals surface area contributed by atoms with Crippen molar-refractivity contribution in [2.45, 2.75) is 32.5 Å². The van der Waals surface area contributed by atoms with E-state index in [2.05, 4.69) is 24.1 Å². The van der Waals surface area contributed by atoms with Gasteiger partial charge in [0.1, 0.15) is 5.75 Å². The van der Waals surface area contributed by atoms with Crippen LogP contribution >= 0.6 is 0 Å². The molecule has 1 fully saturated rings. The molecule has 0 aliphatic carbocycles. The third-order valence-corrected chi connectivity index (χ3v) is 3.52. The van der Waals surface area contributed by atoms with Gasteiger partial charge in [-0.2, -0.15) is 0 Å². The van der Waals surface area contributed by atoms with Crippen molar-refractivity contribution in [1.29, 1.82) is 0 Å². The minimum absolute atomic E-state index is 0.0342. The largest absolute Gasteiger partial charge is 0.497 e. The monoisotopic (exact) mass is 292 g/mol. The molecule has 21 heavy (non-hydrogen) atoms. The number of hydrogen-bond acceptors (Lipinski definition) is 4. The van der Waals surface area contributed by atoms with E-state index in [1.807, 2.05) is 24.3 Å². The van der Waals surface area contributed by atoms with E-state index in [0.717, 1.165) is 31.1 Å². The minimum atomic E-state index is 0.0342. The van der Waals surface area contributed by atoms with Crippen molar-refractivity contribution in [3.8, 4) is 5.75 Å². The molecule has 0 bridgehead atoms. The maximum absolute atomic E-state index is 12.0. The highest BCUT2D eigenvalue weighted by Gasteiger charge is 2.22. The number of nitrogens with one attached hydrogen (secondary N) is 1. The van der Waals surface area contributed by atoms with Gasteiger partial charge in [0.25, 0.3) is 0 Å². The number of carbonyl (C=O) groups is 1. The smallest absolute Gasteiger partial charge is 0.225 e. The van der Waals surface area contributed by atoms with Gasteiger partial charge in [-0.1, -0.05) is 0 Å². The van der Waals surface area contributed by atoms with Crippen molar-refractivity contribution >= 4 is 11.6 Å². The van der Waals surface area contributed by atoms with Crippen molar-refractivity contribution in [3.63, 3.8) is 0 Å². The number of methoxy groups -OCH3 is 1. The fourth-order valence-electron chi connectivity index (χ4n) is 2.62. The number of ether oxygens (including phenoxy) is 2. The van der Waals surface area contributed by atoms with Gasteiger partial charge in [0.2, 0.25) is 5.91 Å². The van der Waals surface area contributed by atoms with E-state index in [0.29, 0.717) is 6.42 Å². The second-order valence-corrected chi connectivity index (χ2v) is 5.54. The Hall–Kier alpha value is -1.59. The van der Waals surface area contributed by atoms with Gasteiger partial charge in [-0.15, -0.1) is 0 Å². The molecule has 2 atom stereocenters. The van der Waals surface area contributed by atoms with Crippen LogP contribution in [-0.4, -0.2) is 49.8 Å². The molecule has 0 saturated carbocycles. The van der Waals surface area contributed by atoms with E-state index in [1.54, 1.807) is 7.11 Å². The molecule has 1 aromatic rings. The minimum Gasteiger partial charge on any atom is -0.497 e. The molecule has 1 aliphatic heterocycles. The van der Waals surface area contributed by atoms with Crippen molar-refractivity contribution in [3.05, 3.63) is 24.3 Å². The van der Waals surface area contributed by atoms with E-state index >= 15 is 0 Å². The molecule has 1 amide bonds. The molecule has 5 nitrogen and oxygen atoms in total. The molecule has 2 rings (SSSR count). The first-order valence-corrected chi connectivity index (χ1v) is 7.38. The van der Waals surface area contributed by atoms with Gasteiger partial charge in [-0.25, -0.2) is 0 Å². The summed E-state index contributed by atoms with van der Waals surface area (Å²) in [5.41, 5.74) is 0.796. The van der Waals surface area contributed by atoms with Crippen LogP contribution in [-0.2, 0) is 9.53 Å². The zero-order valence-corrected chi connectivity index (χ0v) is 13.0. The summed E-state index contributed by atoms with van der Waals surface area (Å²) in [5, 5.41) is 2.90. The van der Waals surface area contributed by atoms with Gasteiger partial charge in [0.05, 0.1) is 19.3 Å². The van der Waals surface area contributed by atoms with Crippen LogP contribution in [0.15, 0.2) is 24.3 Å². The zero-order valence-electron chi connectivity index (χ0n) is 13.0. The summed E-state index contributed by atoms with van der Waals surface area (Å²) in [6, 6.07) is 7.35. The van der Waals surface area contributed by atoms with Gasteiger partial charge in [0.15, 0.2) is 0 Å². The summed E-state index contributed by atoms with van der Waals surface area (Å²) in [6.45, 7) is 6.68. The highest BCUT2D eigenvalue weighted by molar-refractivity contribution is 5.90. The lowest BCUT2D eigenvalue weighted by atomic mass is 10.2. The topological polar surface area (TPSA) is 50.8 Å². The molecule has 1 aromatic carbocycles. The van der Waals surface area contributed by atoms with Gasteiger partial charge in [-0.3, -0.25) is 9.69 Å². The Kier molecular flexibility index (Phi) is 5.59. The Bertz CT molecular complexity index is 451. The molecule has 0 unspecified atom stereocenters. The van der Waals surface area contributed by atoms with Gasteiger partial charge in [-0.05, 0) is 38.1 Å². The molecule has 116 valence electrons. The Labute approximate surface area is 126 Å². The Morgan fingerprint density at radius 2 is 1.90 bits per heavy atom. The summed E-state index contributed by atoms with van der Waals surface area (Å²) in [5.74, 6) is 0.816. The van der Waals surface area contributed by atoms with Crippen LogP contribution < -0.4 is 10.1 Å². The number of hydrogen-bond donors (Lipinski definition) is 1. The summed E-state index contributed by atoms with van der Waals surface area (Å²) in [4.78, 5) is 14.3. The predicted octanol–water partition coefficient (Wildman–Crippen LogP) is 2.13. The fraction of sp³-hybridized carbons (Fsp3) is 0.562. The average molecular weight is 292 g/mol. The molecule has 0 aromatic heterocycles. The number of nitrogens with zero attached hydrogens (tertiary/aromatic N) is 1. The summed E-state index contributed by atoms with van der Waals surface area (Å²) in [6.07, 6.45) is 0.961. The summed E-state index contributed by atoms with van der Waals surface area (Å²) < 4.78 is 10.8. The normalized spacial score (nSPS) is 22.8. The van der Waals surface area contributed by atoms with E-state index in [1.165, 1.54) is 0 Å². The van der Waals surface area contributed by atoms with E-state index in [4.69, 9.17) is 9.47 Å². The zero-order chi connectivity index (χ0) is 15.2.